The zero-order valence-electron chi connectivity index (χ0n) is 14.3. The van der Waals surface area contributed by atoms with E-state index in [0.717, 1.165) is 0 Å². The molecule has 0 saturated heterocycles. The highest BCUT2D eigenvalue weighted by Crippen LogP contribution is 2.33. The Balaban J connectivity index is 1.95. The van der Waals surface area contributed by atoms with Gasteiger partial charge in [0.05, 0.1) is 0 Å². The second-order valence-electron chi connectivity index (χ2n) is 6.20. The highest BCUT2D eigenvalue weighted by molar-refractivity contribution is 6.04. The van der Waals surface area contributed by atoms with E-state index >= 15 is 0 Å². The minimum Gasteiger partial charge on any atom is -0.480 e. The molecule has 0 fully saturated rings. The summed E-state index contributed by atoms with van der Waals surface area (Å²) in [7, 11) is 0. The number of carbonyl (C=O) groups is 2. The molecule has 2 N–H and O–H groups in total. The number of hydrogen-bond donors (Lipinski definition) is 2. The normalized spacial score (nSPS) is 12.8. The molecule has 3 aromatic rings. The van der Waals surface area contributed by atoms with Crippen molar-refractivity contribution in [2.75, 3.05) is 5.32 Å². The SMILES string of the molecule is CC(C(=O)O)(c1ccccc1)c1cccc(NC(=O)c2ccccc2)c1. The van der Waals surface area contributed by atoms with Crippen LogP contribution in [0.2, 0.25) is 0 Å². The monoisotopic (exact) mass is 345 g/mol. The van der Waals surface area contributed by atoms with Crippen LogP contribution in [0.25, 0.3) is 0 Å². The number of carbonyl (C=O) groups excluding carboxylic acids is 1. The maximum atomic E-state index is 12.4. The van der Waals surface area contributed by atoms with Gasteiger partial charge in [-0.15, -0.1) is 0 Å². The highest BCUT2D eigenvalue weighted by atomic mass is 16.4. The average Bonchev–Trinajstić information content (AvgIpc) is 2.68. The van der Waals surface area contributed by atoms with Crippen molar-refractivity contribution in [3.8, 4) is 0 Å². The summed E-state index contributed by atoms with van der Waals surface area (Å²) >= 11 is 0. The molecule has 0 spiro atoms. The van der Waals surface area contributed by atoms with E-state index in [-0.39, 0.29) is 5.91 Å². The van der Waals surface area contributed by atoms with Gasteiger partial charge in [-0.2, -0.15) is 0 Å². The molecule has 4 heteroatoms. The number of carboxylic acids is 1. The second-order valence-corrected chi connectivity index (χ2v) is 6.20. The Hall–Kier alpha value is -3.40. The molecule has 130 valence electrons. The van der Waals surface area contributed by atoms with Crippen LogP contribution in [0, 0.1) is 0 Å². The van der Waals surface area contributed by atoms with E-state index in [4.69, 9.17) is 0 Å². The fourth-order valence-corrected chi connectivity index (χ4v) is 2.89. The molecular weight excluding hydrogens is 326 g/mol. The zero-order chi connectivity index (χ0) is 18.6. The first-order valence-corrected chi connectivity index (χ1v) is 8.27. The van der Waals surface area contributed by atoms with Gasteiger partial charge in [0, 0.05) is 11.3 Å². The minimum atomic E-state index is -1.21. The number of rotatable bonds is 5. The summed E-state index contributed by atoms with van der Waals surface area (Å²) in [4.78, 5) is 24.4. The zero-order valence-corrected chi connectivity index (χ0v) is 14.3. The Labute approximate surface area is 152 Å². The first-order valence-electron chi connectivity index (χ1n) is 8.27. The molecule has 0 aliphatic carbocycles. The molecule has 0 saturated carbocycles. The molecule has 1 amide bonds. The van der Waals surface area contributed by atoms with Crippen LogP contribution in [-0.4, -0.2) is 17.0 Å². The molecule has 1 unspecified atom stereocenters. The van der Waals surface area contributed by atoms with Crippen LogP contribution in [0.4, 0.5) is 5.69 Å². The number of benzene rings is 3. The van der Waals surface area contributed by atoms with Gasteiger partial charge in [-0.3, -0.25) is 9.59 Å². The quantitative estimate of drug-likeness (QED) is 0.723. The van der Waals surface area contributed by atoms with Gasteiger partial charge in [0.25, 0.3) is 5.91 Å². The van der Waals surface area contributed by atoms with Gasteiger partial charge < -0.3 is 10.4 Å². The van der Waals surface area contributed by atoms with Crippen molar-refractivity contribution in [1.82, 2.24) is 0 Å². The van der Waals surface area contributed by atoms with Gasteiger partial charge in [-0.05, 0) is 42.3 Å². The van der Waals surface area contributed by atoms with Crippen LogP contribution in [0.15, 0.2) is 84.9 Å². The molecule has 0 radical (unpaired) electrons. The van der Waals surface area contributed by atoms with Gasteiger partial charge in [-0.25, -0.2) is 0 Å². The Morgan fingerprint density at radius 2 is 1.38 bits per heavy atom. The summed E-state index contributed by atoms with van der Waals surface area (Å²) < 4.78 is 0. The second kappa shape index (κ2) is 7.23. The standard InChI is InChI=1S/C22H19NO3/c1-22(21(25)26,17-11-6-3-7-12-17)18-13-8-14-19(15-18)23-20(24)16-9-4-2-5-10-16/h2-15H,1H3,(H,23,24)(H,25,26). The molecule has 0 aromatic heterocycles. The third-order valence-electron chi connectivity index (χ3n) is 4.51. The first-order chi connectivity index (χ1) is 12.5. The topological polar surface area (TPSA) is 66.4 Å². The lowest BCUT2D eigenvalue weighted by Gasteiger charge is -2.26. The lowest BCUT2D eigenvalue weighted by molar-refractivity contribution is -0.141. The maximum absolute atomic E-state index is 12.4. The summed E-state index contributed by atoms with van der Waals surface area (Å²) in [5.41, 5.74) is 1.16. The molecule has 3 aromatic carbocycles. The van der Waals surface area contributed by atoms with Crippen molar-refractivity contribution in [3.63, 3.8) is 0 Å². The summed E-state index contributed by atoms with van der Waals surface area (Å²) in [6, 6.07) is 24.9. The summed E-state index contributed by atoms with van der Waals surface area (Å²) in [6.45, 7) is 1.67. The molecule has 26 heavy (non-hydrogen) atoms. The van der Waals surface area contributed by atoms with E-state index < -0.39 is 11.4 Å². The summed E-state index contributed by atoms with van der Waals surface area (Å²) in [6.07, 6.45) is 0. The van der Waals surface area contributed by atoms with Crippen LogP contribution < -0.4 is 5.32 Å². The van der Waals surface area contributed by atoms with Gasteiger partial charge >= 0.3 is 5.97 Å². The van der Waals surface area contributed by atoms with E-state index in [0.29, 0.717) is 22.4 Å². The molecular formula is C22H19NO3. The first kappa shape index (κ1) is 17.4. The fourth-order valence-electron chi connectivity index (χ4n) is 2.89. The van der Waals surface area contributed by atoms with Crippen LogP contribution in [0.5, 0.6) is 0 Å². The third kappa shape index (κ3) is 3.35. The van der Waals surface area contributed by atoms with Crippen molar-refractivity contribution in [2.45, 2.75) is 12.3 Å². The maximum Gasteiger partial charge on any atom is 0.318 e. The number of nitrogens with one attached hydrogen (secondary N) is 1. The predicted octanol–water partition coefficient (Wildman–Crippen LogP) is 4.33. The van der Waals surface area contributed by atoms with Gasteiger partial charge in [0.2, 0.25) is 0 Å². The number of hydrogen-bond acceptors (Lipinski definition) is 2. The van der Waals surface area contributed by atoms with Crippen LogP contribution in [0.1, 0.15) is 28.4 Å². The molecule has 0 aliphatic rings. The minimum absolute atomic E-state index is 0.237. The number of carboxylic acid groups (broad SMARTS) is 1. The molecule has 0 heterocycles. The van der Waals surface area contributed by atoms with E-state index in [1.807, 2.05) is 24.3 Å². The highest BCUT2D eigenvalue weighted by Gasteiger charge is 2.37. The van der Waals surface area contributed by atoms with Crippen LogP contribution in [0.3, 0.4) is 0 Å². The molecule has 3 rings (SSSR count). The lowest BCUT2D eigenvalue weighted by Crippen LogP contribution is -2.33. The summed E-state index contributed by atoms with van der Waals surface area (Å²) in [5.74, 6) is -1.19. The Bertz CT molecular complexity index is 922. The van der Waals surface area contributed by atoms with E-state index in [2.05, 4.69) is 5.32 Å². The molecule has 0 bridgehead atoms. The van der Waals surface area contributed by atoms with Crippen molar-refractivity contribution in [3.05, 3.63) is 102 Å². The van der Waals surface area contributed by atoms with Crippen LogP contribution in [-0.2, 0) is 10.2 Å². The number of aliphatic carboxylic acids is 1. The smallest absolute Gasteiger partial charge is 0.318 e. The average molecular weight is 345 g/mol. The van der Waals surface area contributed by atoms with Gasteiger partial charge in [0.1, 0.15) is 5.41 Å². The van der Waals surface area contributed by atoms with E-state index in [1.54, 1.807) is 67.6 Å². The van der Waals surface area contributed by atoms with Crippen molar-refractivity contribution >= 4 is 17.6 Å². The van der Waals surface area contributed by atoms with Gasteiger partial charge in [0.15, 0.2) is 0 Å². The Kier molecular flexibility index (Phi) is 4.85. The number of anilines is 1. The fraction of sp³-hybridized carbons (Fsp3) is 0.0909. The third-order valence-corrected chi connectivity index (χ3v) is 4.51. The predicted molar refractivity (Wildman–Crippen MR) is 101 cm³/mol. The lowest BCUT2D eigenvalue weighted by atomic mass is 9.76. The molecule has 0 aliphatic heterocycles. The Morgan fingerprint density at radius 1 is 0.808 bits per heavy atom. The molecule has 4 nitrogen and oxygen atoms in total. The largest absolute Gasteiger partial charge is 0.480 e. The van der Waals surface area contributed by atoms with Crippen molar-refractivity contribution in [1.29, 1.82) is 0 Å². The van der Waals surface area contributed by atoms with E-state index in [1.165, 1.54) is 0 Å². The molecule has 1 atom stereocenters. The van der Waals surface area contributed by atoms with E-state index in [9.17, 15) is 14.7 Å². The van der Waals surface area contributed by atoms with Crippen molar-refractivity contribution < 1.29 is 14.7 Å². The van der Waals surface area contributed by atoms with Crippen LogP contribution >= 0.6 is 0 Å². The van der Waals surface area contributed by atoms with Gasteiger partial charge in [-0.1, -0.05) is 60.7 Å². The Morgan fingerprint density at radius 3 is 2.00 bits per heavy atom. The summed E-state index contributed by atoms with van der Waals surface area (Å²) in [5, 5.41) is 12.7. The van der Waals surface area contributed by atoms with Crippen molar-refractivity contribution in [2.24, 2.45) is 0 Å². The number of amides is 1.